The summed E-state index contributed by atoms with van der Waals surface area (Å²) in [5.74, 6) is 2.41. The maximum Gasteiger partial charge on any atom is 0.417 e. The molecule has 0 radical (unpaired) electrons. The van der Waals surface area contributed by atoms with Gasteiger partial charge in [-0.15, -0.1) is 0 Å². The van der Waals surface area contributed by atoms with Crippen molar-refractivity contribution in [3.8, 4) is 0 Å². The molecule has 4 fully saturated rings. The minimum absolute atomic E-state index is 0.00619. The normalized spacial score (nSPS) is 49.7. The summed E-state index contributed by atoms with van der Waals surface area (Å²) in [6, 6.07) is 0. The van der Waals surface area contributed by atoms with Crippen LogP contribution in [0.1, 0.15) is 71.6 Å². The van der Waals surface area contributed by atoms with Gasteiger partial charge in [-0.2, -0.15) is 13.2 Å². The highest BCUT2D eigenvalue weighted by molar-refractivity contribution is 5.08. The summed E-state index contributed by atoms with van der Waals surface area (Å²) in [7, 11) is 0. The van der Waals surface area contributed by atoms with Crippen molar-refractivity contribution in [3.05, 3.63) is 0 Å². The lowest BCUT2D eigenvalue weighted by atomic mass is 9.48. The third-order valence-electron chi connectivity index (χ3n) is 10.0. The first kappa shape index (κ1) is 21.9. The van der Waals surface area contributed by atoms with E-state index in [2.05, 4.69) is 13.8 Å². The van der Waals surface area contributed by atoms with E-state index in [9.17, 15) is 28.5 Å². The Hall–Kier alpha value is -0.330. The zero-order valence-electron chi connectivity index (χ0n) is 17.7. The summed E-state index contributed by atoms with van der Waals surface area (Å²) in [4.78, 5) is 0. The summed E-state index contributed by atoms with van der Waals surface area (Å²) in [5.41, 5.74) is -2.33. The van der Waals surface area contributed by atoms with Gasteiger partial charge in [-0.05, 0) is 105 Å². The molecule has 4 rings (SSSR count). The summed E-state index contributed by atoms with van der Waals surface area (Å²) in [6.07, 6.45) is 1.14. The van der Waals surface area contributed by atoms with Crippen LogP contribution in [0.3, 0.4) is 0 Å². The van der Waals surface area contributed by atoms with Gasteiger partial charge in [-0.3, -0.25) is 0 Å². The number of alkyl halides is 3. The number of halogens is 3. The molecule has 29 heavy (non-hydrogen) atoms. The third-order valence-corrected chi connectivity index (χ3v) is 10.0. The molecule has 0 aliphatic heterocycles. The first-order valence-corrected chi connectivity index (χ1v) is 11.6. The minimum atomic E-state index is -4.53. The van der Waals surface area contributed by atoms with Crippen LogP contribution in [0.5, 0.6) is 0 Å². The summed E-state index contributed by atoms with van der Waals surface area (Å²) < 4.78 is 40.1. The van der Waals surface area contributed by atoms with Gasteiger partial charge in [-0.25, -0.2) is 0 Å². The Morgan fingerprint density at radius 1 is 0.966 bits per heavy atom. The highest BCUT2D eigenvalue weighted by atomic mass is 19.4. The fourth-order valence-electron chi connectivity index (χ4n) is 8.47. The van der Waals surface area contributed by atoms with E-state index in [4.69, 9.17) is 0 Å². The summed E-state index contributed by atoms with van der Waals surface area (Å²) in [6.45, 7) is 4.22. The molecule has 4 aliphatic rings. The number of aliphatic hydroxyl groups excluding tert-OH is 2. The molecule has 0 heterocycles. The van der Waals surface area contributed by atoms with E-state index in [1.807, 2.05) is 0 Å². The number of aliphatic hydroxyl groups is 3. The second kappa shape index (κ2) is 7.37. The Bertz CT molecular complexity index is 611. The van der Waals surface area contributed by atoms with Crippen molar-refractivity contribution >= 4 is 0 Å². The Kier molecular flexibility index (Phi) is 5.56. The van der Waals surface area contributed by atoms with Crippen LogP contribution in [-0.2, 0) is 0 Å². The minimum Gasteiger partial charge on any atom is -0.394 e. The fourth-order valence-corrected chi connectivity index (χ4v) is 8.47. The third kappa shape index (κ3) is 3.36. The van der Waals surface area contributed by atoms with Crippen molar-refractivity contribution in [1.29, 1.82) is 0 Å². The van der Waals surface area contributed by atoms with Crippen LogP contribution in [-0.4, -0.2) is 39.8 Å². The molecule has 10 atom stereocenters. The topological polar surface area (TPSA) is 60.7 Å². The number of rotatable bonds is 3. The zero-order chi connectivity index (χ0) is 21.2. The first-order chi connectivity index (χ1) is 13.5. The predicted molar refractivity (Wildman–Crippen MR) is 104 cm³/mol. The Labute approximate surface area is 172 Å². The molecule has 0 spiro atoms. The SMILES string of the molecule is C[C@H]([C@H](O)CO)[C@H]1CC[C@H]2[C@@H]3CC[C@@H]4C[C@@](O)(C(F)(F)F)CC[C@@H]4[C@H]3CC[C@]12C. The van der Waals surface area contributed by atoms with E-state index >= 15 is 0 Å². The predicted octanol–water partition coefficient (Wildman–Crippen LogP) is 4.54. The average molecular weight is 419 g/mol. The summed E-state index contributed by atoms with van der Waals surface area (Å²) in [5, 5.41) is 29.9. The standard InChI is InChI=1S/C23H37F3O3/c1-13(20(28)12-27)18-5-6-19-17-4-3-14-11-22(29,23(24,25)26)10-8-15(14)16(17)7-9-21(18,19)2/h13-20,27-29H,3-12H2,1-2H3/t13-,14+,15-,16+,17+,18+,19-,20+,21+,22+/m0/s1. The Balaban J connectivity index is 1.50. The van der Waals surface area contributed by atoms with Crippen molar-refractivity contribution < 1.29 is 28.5 Å². The molecular formula is C23H37F3O3. The highest BCUT2D eigenvalue weighted by Crippen LogP contribution is 2.66. The van der Waals surface area contributed by atoms with Gasteiger partial charge in [0.15, 0.2) is 5.60 Å². The molecule has 4 aliphatic carbocycles. The molecule has 168 valence electrons. The molecule has 0 aromatic rings. The lowest BCUT2D eigenvalue weighted by Gasteiger charge is -2.57. The lowest BCUT2D eigenvalue weighted by molar-refractivity contribution is -0.282. The molecule has 0 unspecified atom stereocenters. The first-order valence-electron chi connectivity index (χ1n) is 11.6. The van der Waals surface area contributed by atoms with Gasteiger partial charge in [0.05, 0.1) is 12.7 Å². The maximum atomic E-state index is 13.4. The number of fused-ring (bicyclic) bond motifs is 5. The molecule has 0 bridgehead atoms. The van der Waals surface area contributed by atoms with Crippen LogP contribution in [0.15, 0.2) is 0 Å². The Morgan fingerprint density at radius 2 is 1.66 bits per heavy atom. The smallest absolute Gasteiger partial charge is 0.394 e. The van der Waals surface area contributed by atoms with Crippen LogP contribution in [0.2, 0.25) is 0 Å². The second-order valence-corrected chi connectivity index (χ2v) is 11.0. The number of hydrogen-bond acceptors (Lipinski definition) is 3. The molecule has 0 amide bonds. The molecular weight excluding hydrogens is 381 g/mol. The highest BCUT2D eigenvalue weighted by Gasteiger charge is 2.62. The molecule has 3 nitrogen and oxygen atoms in total. The Morgan fingerprint density at radius 3 is 2.31 bits per heavy atom. The van der Waals surface area contributed by atoms with E-state index in [1.165, 1.54) is 0 Å². The van der Waals surface area contributed by atoms with E-state index in [0.717, 1.165) is 38.5 Å². The largest absolute Gasteiger partial charge is 0.417 e. The van der Waals surface area contributed by atoms with Gasteiger partial charge in [0.2, 0.25) is 0 Å². The lowest BCUT2D eigenvalue weighted by Crippen LogP contribution is -2.55. The van der Waals surface area contributed by atoms with E-state index in [0.29, 0.717) is 36.0 Å². The maximum absolute atomic E-state index is 13.4. The van der Waals surface area contributed by atoms with Gasteiger partial charge in [0.25, 0.3) is 0 Å². The van der Waals surface area contributed by atoms with Crippen molar-refractivity contribution in [2.24, 2.45) is 46.8 Å². The molecule has 0 aromatic carbocycles. The van der Waals surface area contributed by atoms with Crippen molar-refractivity contribution in [1.82, 2.24) is 0 Å². The molecule has 0 saturated heterocycles. The zero-order valence-corrected chi connectivity index (χ0v) is 17.7. The second-order valence-electron chi connectivity index (χ2n) is 11.0. The molecule has 0 aromatic heterocycles. The van der Waals surface area contributed by atoms with E-state index in [-0.39, 0.29) is 36.7 Å². The number of hydrogen-bond donors (Lipinski definition) is 3. The fraction of sp³-hybridized carbons (Fsp3) is 1.00. The summed E-state index contributed by atoms with van der Waals surface area (Å²) >= 11 is 0. The molecule has 4 saturated carbocycles. The van der Waals surface area contributed by atoms with Crippen LogP contribution in [0.25, 0.3) is 0 Å². The van der Waals surface area contributed by atoms with Gasteiger partial charge >= 0.3 is 6.18 Å². The molecule has 3 N–H and O–H groups in total. The van der Waals surface area contributed by atoms with E-state index in [1.54, 1.807) is 0 Å². The average Bonchev–Trinajstić information content (AvgIpc) is 3.02. The van der Waals surface area contributed by atoms with Crippen LogP contribution < -0.4 is 0 Å². The monoisotopic (exact) mass is 418 g/mol. The van der Waals surface area contributed by atoms with Crippen LogP contribution >= 0.6 is 0 Å². The van der Waals surface area contributed by atoms with Crippen molar-refractivity contribution in [3.63, 3.8) is 0 Å². The van der Waals surface area contributed by atoms with Gasteiger partial charge in [0, 0.05) is 0 Å². The van der Waals surface area contributed by atoms with Gasteiger partial charge in [-0.1, -0.05) is 13.8 Å². The van der Waals surface area contributed by atoms with Gasteiger partial charge < -0.3 is 15.3 Å². The van der Waals surface area contributed by atoms with E-state index < -0.39 is 17.9 Å². The molecule has 6 heteroatoms. The van der Waals surface area contributed by atoms with Crippen molar-refractivity contribution in [2.75, 3.05) is 6.61 Å². The quantitative estimate of drug-likeness (QED) is 0.631. The van der Waals surface area contributed by atoms with Crippen LogP contribution in [0, 0.1) is 46.8 Å². The van der Waals surface area contributed by atoms with Crippen LogP contribution in [0.4, 0.5) is 13.2 Å². The van der Waals surface area contributed by atoms with Crippen molar-refractivity contribution in [2.45, 2.75) is 89.5 Å². The van der Waals surface area contributed by atoms with Gasteiger partial charge in [0.1, 0.15) is 0 Å².